The van der Waals surface area contributed by atoms with Crippen LogP contribution < -0.4 is 0 Å². The second-order valence-electron chi connectivity index (χ2n) is 0. The van der Waals surface area contributed by atoms with Crippen LogP contribution >= 0.6 is 0 Å². The molecule has 0 nitrogen and oxygen atoms in total. The van der Waals surface area contributed by atoms with Crippen molar-refractivity contribution in [1.29, 1.82) is 0 Å². The van der Waals surface area contributed by atoms with Gasteiger partial charge in [0.25, 0.3) is 0 Å². The van der Waals surface area contributed by atoms with Crippen molar-refractivity contribution in [2.45, 2.75) is 161 Å². The Balaban J connectivity index is -0.00000000500. The molecule has 0 aromatic carbocycles. The van der Waals surface area contributed by atoms with Gasteiger partial charge >= 0.3 is 0 Å². The van der Waals surface area contributed by atoms with Crippen LogP contribution in [0.3, 0.4) is 0 Å². The molecule has 0 saturated heterocycles. The molecule has 0 unspecified atom stereocenters. The highest BCUT2D eigenvalue weighted by atomic mass is 13.0. The van der Waals surface area contributed by atoms with Crippen molar-refractivity contribution in [3.8, 4) is 0 Å². The zero-order valence-electron chi connectivity index (χ0n) is 22.0. The molecule has 0 aromatic rings. The second kappa shape index (κ2) is 0. The fourth-order valence-corrected chi connectivity index (χ4v) is 0. The first kappa shape index (κ1) is 92.0. The lowest BCUT2D eigenvalue weighted by molar-refractivity contribution is 1.50. The minimum absolute atomic E-state index is 0. The van der Waals surface area contributed by atoms with Gasteiger partial charge in [0.1, 0.15) is 0 Å². The fourth-order valence-electron chi connectivity index (χ4n) is 0. The van der Waals surface area contributed by atoms with Gasteiger partial charge in [0.05, 0.1) is 0 Å². The smallest absolute Gasteiger partial charge is 0.0194 e. The molecule has 0 rings (SSSR count). The van der Waals surface area contributed by atoms with Crippen LogP contribution in [0, 0.1) is 0 Å². The van der Waals surface area contributed by atoms with Gasteiger partial charge in [0.2, 0.25) is 0 Å². The zero-order valence-corrected chi connectivity index (χ0v) is 21.0. The van der Waals surface area contributed by atoms with Crippen LogP contribution in [-0.2, 0) is 0 Å². The molecule has 0 aliphatic heterocycles. The number of rotatable bonds is 0. The lowest BCUT2D eigenvalue weighted by Gasteiger charge is -1.07. The van der Waals surface area contributed by atoms with E-state index in [1.54, 1.807) is 0 Å². The van der Waals surface area contributed by atoms with Crippen LogP contribution in [0.1, 0.15) is 162 Å². The van der Waals surface area contributed by atoms with Crippen LogP contribution in [0.4, 0.5) is 0 Å². The van der Waals surface area contributed by atoms with Gasteiger partial charge in [-0.25, -0.2) is 0 Å². The Morgan fingerprint density at radius 1 is 0.217 bits per heavy atom. The average Bonchev–Trinajstić information content (AvgIpc) is 2.78. The molecule has 0 aliphatic carbocycles. The van der Waals surface area contributed by atoms with E-state index in [0.29, 0.717) is 0 Å². The first-order valence-corrected chi connectivity index (χ1v) is 10.0. The van der Waals surface area contributed by atoms with Crippen LogP contribution in [-0.4, -0.2) is 0 Å². The third-order valence-corrected chi connectivity index (χ3v) is 0. The SMILES string of the molecule is C.C.CC.CC.CC.CC.CC.CC.CC.CC.CC.CC.[2H]C. The minimum atomic E-state index is 0. The summed E-state index contributed by atoms with van der Waals surface area (Å²) in [5.74, 6) is 0. The minimum Gasteiger partial charge on any atom is -0.0776 e. The number of hydrogen-bond donors (Lipinski definition) is 0. The summed E-state index contributed by atoms with van der Waals surface area (Å²) in [5.41, 5.74) is 0. The highest BCUT2D eigenvalue weighted by Gasteiger charge is 0.950. The van der Waals surface area contributed by atoms with Crippen molar-refractivity contribution >= 4 is 0 Å². The highest BCUT2D eigenvalue weighted by Crippen LogP contribution is 1.16. The summed E-state index contributed by atoms with van der Waals surface area (Å²) in [6, 6.07) is 0. The van der Waals surface area contributed by atoms with Gasteiger partial charge in [-0.05, 0) is 0 Å². The Bertz CT molecular complexity index is 6.00. The summed E-state index contributed by atoms with van der Waals surface area (Å²) in [6.45, 7) is 40.0. The molecular weight excluding hydrogens is 276 g/mol. The maximum absolute atomic E-state index is 5.75. The molecule has 0 heterocycles. The van der Waals surface area contributed by atoms with Crippen LogP contribution in [0.15, 0.2) is 0 Å². The molecule has 23 heavy (non-hydrogen) atoms. The Hall–Kier alpha value is 0. The zero-order chi connectivity index (χ0) is 22.0. The Morgan fingerprint density at radius 3 is 0.217 bits per heavy atom. The van der Waals surface area contributed by atoms with Gasteiger partial charge in [-0.1, -0.05) is 161 Å². The maximum atomic E-state index is 5.75. The van der Waals surface area contributed by atoms with E-state index in [4.69, 9.17) is 1.37 Å². The van der Waals surface area contributed by atoms with Gasteiger partial charge in [-0.3, -0.25) is 0 Å². The quantitative estimate of drug-likeness (QED) is 0.407. The standard InChI is InChI=1S/10C2H6.3CH4/c10*1-2;;;/h10*1-2H3;3*1H4/i;;;;;;;;;;1D;;. The Morgan fingerprint density at radius 2 is 0.217 bits per heavy atom. The van der Waals surface area contributed by atoms with Gasteiger partial charge in [-0.2, -0.15) is 0 Å². The predicted octanol–water partition coefficient (Wildman–Crippen LogP) is 12.2. The summed E-state index contributed by atoms with van der Waals surface area (Å²) < 4.78 is 5.75. The van der Waals surface area contributed by atoms with E-state index >= 15 is 0 Å². The summed E-state index contributed by atoms with van der Waals surface area (Å²) in [5, 5.41) is 0. The van der Waals surface area contributed by atoms with Gasteiger partial charge in [0.15, 0.2) is 0 Å². The molecule has 0 amide bonds. The monoisotopic (exact) mass is 350 g/mol. The fraction of sp³-hybridized carbons (Fsp3) is 1.00. The Labute approximate surface area is 162 Å². The molecular formula is C23H72. The summed E-state index contributed by atoms with van der Waals surface area (Å²) >= 11 is 0. The molecule has 0 spiro atoms. The van der Waals surface area contributed by atoms with Crippen molar-refractivity contribution in [3.63, 3.8) is 0 Å². The number of hydrogen-bond acceptors (Lipinski definition) is 0. The van der Waals surface area contributed by atoms with E-state index in [-0.39, 0.29) is 14.9 Å². The largest absolute Gasteiger partial charge is 0.0776 e. The molecule has 0 bridgehead atoms. The lowest BCUT2D eigenvalue weighted by Crippen LogP contribution is -0.856. The third kappa shape index (κ3) is 0. The van der Waals surface area contributed by atoms with Crippen molar-refractivity contribution in [2.75, 3.05) is 0 Å². The van der Waals surface area contributed by atoms with Crippen molar-refractivity contribution < 1.29 is 1.37 Å². The summed E-state index contributed by atoms with van der Waals surface area (Å²) in [7, 11) is 1.25. The van der Waals surface area contributed by atoms with Crippen molar-refractivity contribution in [2.24, 2.45) is 0 Å². The highest BCUT2D eigenvalue weighted by molar-refractivity contribution is 3.52. The van der Waals surface area contributed by atoms with E-state index in [1.165, 1.54) is 7.40 Å². The molecule has 0 aliphatic rings. The molecule has 0 aromatic heterocycles. The average molecular weight is 350 g/mol. The second-order valence-corrected chi connectivity index (χ2v) is 0. The van der Waals surface area contributed by atoms with E-state index < -0.39 is 0 Å². The molecule has 0 N–H and O–H groups in total. The van der Waals surface area contributed by atoms with Crippen LogP contribution in [0.2, 0.25) is 0 Å². The van der Waals surface area contributed by atoms with Gasteiger partial charge in [-0.15, -0.1) is 0 Å². The molecule has 0 fully saturated rings. The predicted molar refractivity (Wildman–Crippen MR) is 134 cm³/mol. The topological polar surface area (TPSA) is 0 Å². The van der Waals surface area contributed by atoms with E-state index in [1.807, 2.05) is 138 Å². The van der Waals surface area contributed by atoms with Gasteiger partial charge in [0, 0.05) is 1.37 Å². The third-order valence-electron chi connectivity index (χ3n) is 0. The van der Waals surface area contributed by atoms with Gasteiger partial charge < -0.3 is 0 Å². The van der Waals surface area contributed by atoms with E-state index in [9.17, 15) is 0 Å². The molecule has 164 valence electrons. The summed E-state index contributed by atoms with van der Waals surface area (Å²) in [6.07, 6.45) is 0. The van der Waals surface area contributed by atoms with Crippen molar-refractivity contribution in [3.05, 3.63) is 0 Å². The lowest BCUT2D eigenvalue weighted by atomic mass is 11.0. The van der Waals surface area contributed by atoms with Crippen LogP contribution in [0.25, 0.3) is 0 Å². The Kier molecular flexibility index (Phi) is 0. The van der Waals surface area contributed by atoms with Crippen LogP contribution in [0.5, 0.6) is 0 Å². The van der Waals surface area contributed by atoms with E-state index in [2.05, 4.69) is 0 Å². The molecule has 0 heteroatoms. The first-order valence-electron chi connectivity index (χ1n) is 11.0. The maximum Gasteiger partial charge on any atom is 0.0194 e. The summed E-state index contributed by atoms with van der Waals surface area (Å²) in [4.78, 5) is 0. The van der Waals surface area contributed by atoms with Crippen molar-refractivity contribution in [1.82, 2.24) is 0 Å². The molecule has 0 saturated carbocycles. The first-order chi connectivity index (χ1) is 11.0. The normalized spacial score (nSPS) is 2.91. The molecule has 0 atom stereocenters. The van der Waals surface area contributed by atoms with E-state index in [0.717, 1.165) is 0 Å². The molecule has 0 radical (unpaired) electrons.